The predicted molar refractivity (Wildman–Crippen MR) is 83.7 cm³/mol. The molecule has 0 bridgehead atoms. The maximum atomic E-state index is 11.7. The fraction of sp³-hybridized carbons (Fsp3) is 0.929. The molecule has 0 radical (unpaired) electrons. The Morgan fingerprint density at radius 1 is 1.17 bits per heavy atom. The van der Waals surface area contributed by atoms with E-state index in [0.29, 0.717) is 17.6 Å². The standard InChI is InChI=1S/C14H30NO7P/c1-6-7-9-19-11-14(22-13(2)16)12-21-23(17,18)20-10-8-15(3,4)5/h14H,6-12H2,1-5H3. The molecule has 2 unspecified atom stereocenters. The largest absolute Gasteiger partial charge is 0.756 e. The van der Waals surface area contributed by atoms with Crippen molar-refractivity contribution in [3.63, 3.8) is 0 Å². The average Bonchev–Trinajstić information content (AvgIpc) is 2.38. The first-order valence-corrected chi connectivity index (χ1v) is 9.17. The summed E-state index contributed by atoms with van der Waals surface area (Å²) in [4.78, 5) is 22.7. The molecule has 0 amide bonds. The van der Waals surface area contributed by atoms with E-state index >= 15 is 0 Å². The third kappa shape index (κ3) is 14.8. The molecule has 0 heterocycles. The summed E-state index contributed by atoms with van der Waals surface area (Å²) < 4.78 is 32.1. The number of phosphoric ester groups is 1. The number of carbonyl (C=O) groups is 1. The minimum atomic E-state index is -4.43. The Kier molecular flexibility index (Phi) is 10.9. The van der Waals surface area contributed by atoms with Gasteiger partial charge in [-0.05, 0) is 6.42 Å². The zero-order valence-corrected chi connectivity index (χ0v) is 15.7. The highest BCUT2D eigenvalue weighted by atomic mass is 31.2. The number of hydrogen-bond donors (Lipinski definition) is 0. The van der Waals surface area contributed by atoms with E-state index in [1.807, 2.05) is 28.1 Å². The van der Waals surface area contributed by atoms with Crippen molar-refractivity contribution < 1.29 is 37.3 Å². The quantitative estimate of drug-likeness (QED) is 0.210. The second kappa shape index (κ2) is 11.1. The lowest BCUT2D eigenvalue weighted by molar-refractivity contribution is -0.870. The Morgan fingerprint density at radius 3 is 2.35 bits per heavy atom. The van der Waals surface area contributed by atoms with Crippen molar-refractivity contribution >= 4 is 13.8 Å². The summed E-state index contributed by atoms with van der Waals surface area (Å²) in [5.41, 5.74) is 0. The Labute approximate surface area is 138 Å². The molecule has 0 N–H and O–H groups in total. The van der Waals surface area contributed by atoms with Crippen LogP contribution in [0.5, 0.6) is 0 Å². The second-order valence-electron chi connectivity index (χ2n) is 6.25. The van der Waals surface area contributed by atoms with Gasteiger partial charge in [0.25, 0.3) is 7.82 Å². The molecule has 0 rings (SSSR count). The van der Waals surface area contributed by atoms with Gasteiger partial charge >= 0.3 is 5.97 Å². The summed E-state index contributed by atoms with van der Waals surface area (Å²) >= 11 is 0. The van der Waals surface area contributed by atoms with Crippen LogP contribution in [0.15, 0.2) is 0 Å². The molecular formula is C14H30NO7P. The maximum absolute atomic E-state index is 11.7. The first-order valence-electron chi connectivity index (χ1n) is 7.71. The smallest absolute Gasteiger partial charge is 0.303 e. The molecule has 0 aromatic heterocycles. The van der Waals surface area contributed by atoms with Crippen molar-refractivity contribution in [3.8, 4) is 0 Å². The van der Waals surface area contributed by atoms with Gasteiger partial charge in [-0.2, -0.15) is 0 Å². The molecule has 23 heavy (non-hydrogen) atoms. The Hall–Kier alpha value is -0.500. The molecule has 2 atom stereocenters. The van der Waals surface area contributed by atoms with Gasteiger partial charge in [-0.3, -0.25) is 9.36 Å². The highest BCUT2D eigenvalue weighted by Gasteiger charge is 2.19. The van der Waals surface area contributed by atoms with E-state index in [1.54, 1.807) is 0 Å². The molecule has 0 aliphatic rings. The molecule has 0 aliphatic carbocycles. The number of unbranched alkanes of at least 4 members (excludes halogenated alkanes) is 1. The fourth-order valence-corrected chi connectivity index (χ4v) is 2.18. The predicted octanol–water partition coefficient (Wildman–Crippen LogP) is 0.943. The zero-order valence-electron chi connectivity index (χ0n) is 14.8. The van der Waals surface area contributed by atoms with Crippen molar-refractivity contribution in [2.75, 3.05) is 54.1 Å². The SMILES string of the molecule is CCCCOCC(COP(=O)([O-])OCC[N+](C)(C)C)OC(C)=O. The molecule has 0 aromatic carbocycles. The van der Waals surface area contributed by atoms with Crippen LogP contribution in [-0.4, -0.2) is 70.7 Å². The molecular weight excluding hydrogens is 325 g/mol. The Balaban J connectivity index is 4.23. The molecule has 138 valence electrons. The number of nitrogens with zero attached hydrogens (tertiary/aromatic N) is 1. The number of phosphoric acid groups is 1. The number of quaternary nitrogens is 1. The summed E-state index contributed by atoms with van der Waals surface area (Å²) in [6.07, 6.45) is 1.07. The summed E-state index contributed by atoms with van der Waals surface area (Å²) in [6.45, 7) is 4.09. The first-order chi connectivity index (χ1) is 10.6. The van der Waals surface area contributed by atoms with Crippen LogP contribution in [0.3, 0.4) is 0 Å². The minimum absolute atomic E-state index is 0.0233. The summed E-state index contributed by atoms with van der Waals surface area (Å²) in [5, 5.41) is 0. The number of carbonyl (C=O) groups excluding carboxylic acids is 1. The first kappa shape index (κ1) is 22.5. The van der Waals surface area contributed by atoms with Crippen LogP contribution in [0.4, 0.5) is 0 Å². The molecule has 0 saturated heterocycles. The van der Waals surface area contributed by atoms with E-state index in [2.05, 4.69) is 0 Å². The monoisotopic (exact) mass is 355 g/mol. The van der Waals surface area contributed by atoms with Gasteiger partial charge in [0.05, 0.1) is 34.4 Å². The Morgan fingerprint density at radius 2 is 1.83 bits per heavy atom. The number of hydrogen-bond acceptors (Lipinski definition) is 7. The second-order valence-corrected chi connectivity index (χ2v) is 7.66. The highest BCUT2D eigenvalue weighted by molar-refractivity contribution is 7.45. The molecule has 0 aromatic rings. The maximum Gasteiger partial charge on any atom is 0.303 e. The van der Waals surface area contributed by atoms with E-state index in [-0.39, 0.29) is 19.8 Å². The molecule has 0 aliphatic heterocycles. The number of rotatable bonds is 13. The van der Waals surface area contributed by atoms with E-state index in [0.717, 1.165) is 12.8 Å². The lowest BCUT2D eigenvalue weighted by atomic mass is 10.3. The van der Waals surface area contributed by atoms with Gasteiger partial charge in [-0.15, -0.1) is 0 Å². The van der Waals surface area contributed by atoms with Crippen molar-refractivity contribution in [1.82, 2.24) is 0 Å². The van der Waals surface area contributed by atoms with Gasteiger partial charge in [0, 0.05) is 13.5 Å². The highest BCUT2D eigenvalue weighted by Crippen LogP contribution is 2.38. The normalized spacial score (nSPS) is 15.9. The number of likely N-dealkylation sites (N-methyl/N-ethyl adjacent to an activating group) is 1. The lowest BCUT2D eigenvalue weighted by Crippen LogP contribution is -2.37. The zero-order chi connectivity index (χ0) is 17.9. The average molecular weight is 355 g/mol. The van der Waals surface area contributed by atoms with Gasteiger partial charge in [0.15, 0.2) is 0 Å². The molecule has 0 fully saturated rings. The van der Waals surface area contributed by atoms with Crippen LogP contribution >= 0.6 is 7.82 Å². The summed E-state index contributed by atoms with van der Waals surface area (Å²) in [6, 6.07) is 0. The van der Waals surface area contributed by atoms with E-state index in [9.17, 15) is 14.3 Å². The van der Waals surface area contributed by atoms with Crippen LogP contribution in [0.2, 0.25) is 0 Å². The molecule has 8 nitrogen and oxygen atoms in total. The Bertz CT molecular complexity index is 384. The number of esters is 1. The van der Waals surface area contributed by atoms with Crippen LogP contribution in [0.25, 0.3) is 0 Å². The molecule has 0 saturated carbocycles. The van der Waals surface area contributed by atoms with Gasteiger partial charge in [0.2, 0.25) is 0 Å². The molecule has 9 heteroatoms. The van der Waals surface area contributed by atoms with Gasteiger partial charge in [0.1, 0.15) is 19.3 Å². The van der Waals surface area contributed by atoms with Crippen molar-refractivity contribution in [3.05, 3.63) is 0 Å². The van der Waals surface area contributed by atoms with Gasteiger partial charge < -0.3 is 27.9 Å². The summed E-state index contributed by atoms with van der Waals surface area (Å²) in [7, 11) is 1.34. The van der Waals surface area contributed by atoms with Gasteiger partial charge in [-0.25, -0.2) is 0 Å². The minimum Gasteiger partial charge on any atom is -0.756 e. The summed E-state index contributed by atoms with van der Waals surface area (Å²) in [5.74, 6) is -0.524. The van der Waals surface area contributed by atoms with E-state index in [4.69, 9.17) is 18.5 Å². The van der Waals surface area contributed by atoms with Crippen LogP contribution < -0.4 is 4.89 Å². The third-order valence-corrected chi connectivity index (χ3v) is 3.67. The van der Waals surface area contributed by atoms with E-state index < -0.39 is 19.9 Å². The van der Waals surface area contributed by atoms with Crippen molar-refractivity contribution in [2.45, 2.75) is 32.8 Å². The van der Waals surface area contributed by atoms with E-state index in [1.165, 1.54) is 6.92 Å². The van der Waals surface area contributed by atoms with Crippen LogP contribution in [0.1, 0.15) is 26.7 Å². The van der Waals surface area contributed by atoms with Gasteiger partial charge in [-0.1, -0.05) is 13.3 Å². The van der Waals surface area contributed by atoms with Crippen LogP contribution in [0, 0.1) is 0 Å². The van der Waals surface area contributed by atoms with Crippen LogP contribution in [-0.2, 0) is 27.9 Å². The number of ether oxygens (including phenoxy) is 2. The van der Waals surface area contributed by atoms with Crippen molar-refractivity contribution in [1.29, 1.82) is 0 Å². The third-order valence-electron chi connectivity index (χ3n) is 2.71. The topological polar surface area (TPSA) is 94.1 Å². The fourth-order valence-electron chi connectivity index (χ4n) is 1.45. The lowest BCUT2D eigenvalue weighted by Gasteiger charge is -2.28. The molecule has 0 spiro atoms. The van der Waals surface area contributed by atoms with Crippen molar-refractivity contribution in [2.24, 2.45) is 0 Å².